The Morgan fingerprint density at radius 1 is 1.16 bits per heavy atom. The molecule has 0 unspecified atom stereocenters. The summed E-state index contributed by atoms with van der Waals surface area (Å²) in [5.41, 5.74) is 4.63. The summed E-state index contributed by atoms with van der Waals surface area (Å²) in [5.74, 6) is 0. The highest BCUT2D eigenvalue weighted by molar-refractivity contribution is 5.75. The first-order chi connectivity index (χ1) is 9.20. The van der Waals surface area contributed by atoms with Gasteiger partial charge in [-0.3, -0.25) is 0 Å². The first-order valence-electron chi connectivity index (χ1n) is 6.03. The van der Waals surface area contributed by atoms with Crippen molar-refractivity contribution in [1.82, 2.24) is 14.6 Å². The first-order valence-corrected chi connectivity index (χ1v) is 6.03. The third-order valence-electron chi connectivity index (χ3n) is 3.05. The van der Waals surface area contributed by atoms with Gasteiger partial charge in [0.1, 0.15) is 17.3 Å². The molecule has 0 aliphatic rings. The van der Waals surface area contributed by atoms with Crippen LogP contribution in [0.4, 0.5) is 0 Å². The Morgan fingerprint density at radius 2 is 1.89 bits per heavy atom. The highest BCUT2D eigenvalue weighted by Crippen LogP contribution is 2.25. The Balaban J connectivity index is 2.39. The van der Waals surface area contributed by atoms with E-state index in [1.165, 1.54) is 0 Å². The van der Waals surface area contributed by atoms with E-state index in [0.29, 0.717) is 16.9 Å². The van der Waals surface area contributed by atoms with Gasteiger partial charge in [-0.1, -0.05) is 30.3 Å². The average molecular weight is 248 g/mol. The van der Waals surface area contributed by atoms with Crippen molar-refractivity contribution in [2.45, 2.75) is 13.8 Å². The van der Waals surface area contributed by atoms with E-state index in [4.69, 9.17) is 0 Å². The van der Waals surface area contributed by atoms with Gasteiger partial charge in [-0.25, -0.2) is 9.50 Å². The minimum absolute atomic E-state index is 0.526. The summed E-state index contributed by atoms with van der Waals surface area (Å²) in [7, 11) is 0. The summed E-state index contributed by atoms with van der Waals surface area (Å²) in [4.78, 5) is 4.43. The molecule has 4 nitrogen and oxygen atoms in total. The normalized spacial score (nSPS) is 10.6. The molecular formula is C15H12N4. The SMILES string of the molecule is Cc1cc(C)n2nc(-c3ccccc3)c(C#N)c2n1. The smallest absolute Gasteiger partial charge is 0.174 e. The Kier molecular flexibility index (Phi) is 2.53. The van der Waals surface area contributed by atoms with Crippen molar-refractivity contribution < 1.29 is 0 Å². The van der Waals surface area contributed by atoms with Gasteiger partial charge in [-0.2, -0.15) is 10.4 Å². The van der Waals surface area contributed by atoms with Crippen LogP contribution in [0.3, 0.4) is 0 Å². The van der Waals surface area contributed by atoms with Crippen LogP contribution in [0.25, 0.3) is 16.9 Å². The zero-order chi connectivity index (χ0) is 13.4. The van der Waals surface area contributed by atoms with Crippen molar-refractivity contribution in [3.63, 3.8) is 0 Å². The summed E-state index contributed by atoms with van der Waals surface area (Å²) in [5, 5.41) is 13.9. The van der Waals surface area contributed by atoms with E-state index >= 15 is 0 Å². The first kappa shape index (κ1) is 11.4. The van der Waals surface area contributed by atoms with Crippen molar-refractivity contribution in [3.8, 4) is 17.3 Å². The van der Waals surface area contributed by atoms with Crippen LogP contribution in [-0.4, -0.2) is 14.6 Å². The van der Waals surface area contributed by atoms with E-state index < -0.39 is 0 Å². The van der Waals surface area contributed by atoms with E-state index in [-0.39, 0.29) is 0 Å². The molecular weight excluding hydrogens is 236 g/mol. The molecule has 3 rings (SSSR count). The quantitative estimate of drug-likeness (QED) is 0.665. The maximum absolute atomic E-state index is 9.41. The standard InChI is InChI=1S/C15H12N4/c1-10-8-11(2)19-15(17-10)13(9-16)14(18-19)12-6-4-3-5-7-12/h3-8H,1-2H3. The third kappa shape index (κ3) is 1.76. The number of hydrogen-bond donors (Lipinski definition) is 0. The van der Waals surface area contributed by atoms with Crippen LogP contribution in [0.1, 0.15) is 17.0 Å². The summed E-state index contributed by atoms with van der Waals surface area (Å²) < 4.78 is 1.73. The zero-order valence-corrected chi connectivity index (χ0v) is 10.8. The third-order valence-corrected chi connectivity index (χ3v) is 3.05. The second kappa shape index (κ2) is 4.21. The fraction of sp³-hybridized carbons (Fsp3) is 0.133. The number of aromatic nitrogens is 3. The highest BCUT2D eigenvalue weighted by Gasteiger charge is 2.16. The maximum atomic E-state index is 9.41. The van der Waals surface area contributed by atoms with Crippen LogP contribution < -0.4 is 0 Å². The van der Waals surface area contributed by atoms with Gasteiger partial charge in [0.2, 0.25) is 0 Å². The lowest BCUT2D eigenvalue weighted by atomic mass is 10.1. The molecule has 2 heterocycles. The molecule has 0 aliphatic carbocycles. The van der Waals surface area contributed by atoms with E-state index in [0.717, 1.165) is 17.0 Å². The second-order valence-electron chi connectivity index (χ2n) is 4.48. The molecule has 3 aromatic rings. The number of fused-ring (bicyclic) bond motifs is 1. The topological polar surface area (TPSA) is 54.0 Å². The van der Waals surface area contributed by atoms with Crippen LogP contribution in [0.5, 0.6) is 0 Å². The number of nitrogens with zero attached hydrogens (tertiary/aromatic N) is 4. The fourth-order valence-electron chi connectivity index (χ4n) is 2.22. The zero-order valence-electron chi connectivity index (χ0n) is 10.8. The molecule has 0 saturated heterocycles. The fourth-order valence-corrected chi connectivity index (χ4v) is 2.22. The Bertz CT molecular complexity index is 794. The number of aryl methyl sites for hydroxylation is 2. The van der Waals surface area contributed by atoms with Crippen molar-refractivity contribution in [2.75, 3.05) is 0 Å². The van der Waals surface area contributed by atoms with Gasteiger partial charge in [0, 0.05) is 17.0 Å². The van der Waals surface area contributed by atoms with Gasteiger partial charge >= 0.3 is 0 Å². The van der Waals surface area contributed by atoms with E-state index in [1.54, 1.807) is 4.52 Å². The van der Waals surface area contributed by atoms with Gasteiger partial charge in [0.15, 0.2) is 5.65 Å². The number of rotatable bonds is 1. The summed E-state index contributed by atoms with van der Waals surface area (Å²) in [6.45, 7) is 3.88. The summed E-state index contributed by atoms with van der Waals surface area (Å²) >= 11 is 0. The van der Waals surface area contributed by atoms with Crippen molar-refractivity contribution in [3.05, 3.63) is 53.3 Å². The molecule has 19 heavy (non-hydrogen) atoms. The largest absolute Gasteiger partial charge is 0.233 e. The lowest BCUT2D eigenvalue weighted by Crippen LogP contribution is -1.97. The molecule has 0 spiro atoms. The van der Waals surface area contributed by atoms with E-state index in [1.807, 2.05) is 50.2 Å². The molecule has 1 aromatic carbocycles. The van der Waals surface area contributed by atoms with Crippen molar-refractivity contribution >= 4 is 5.65 Å². The molecule has 2 aromatic heterocycles. The van der Waals surface area contributed by atoms with Gasteiger partial charge in [0.25, 0.3) is 0 Å². The van der Waals surface area contributed by atoms with Crippen molar-refractivity contribution in [1.29, 1.82) is 5.26 Å². The van der Waals surface area contributed by atoms with Crippen LogP contribution >= 0.6 is 0 Å². The monoisotopic (exact) mass is 248 g/mol. The number of benzene rings is 1. The lowest BCUT2D eigenvalue weighted by molar-refractivity contribution is 0.889. The maximum Gasteiger partial charge on any atom is 0.174 e. The van der Waals surface area contributed by atoms with Crippen LogP contribution in [0, 0.1) is 25.2 Å². The highest BCUT2D eigenvalue weighted by atomic mass is 15.3. The second-order valence-corrected chi connectivity index (χ2v) is 4.48. The summed E-state index contributed by atoms with van der Waals surface area (Å²) in [6.07, 6.45) is 0. The molecule has 0 aliphatic heterocycles. The molecule has 0 radical (unpaired) electrons. The van der Waals surface area contributed by atoms with Gasteiger partial charge in [0.05, 0.1) is 0 Å². The molecule has 0 amide bonds. The van der Waals surface area contributed by atoms with E-state index in [2.05, 4.69) is 16.2 Å². The summed E-state index contributed by atoms with van der Waals surface area (Å²) in [6, 6.07) is 13.9. The Labute approximate surface area is 111 Å². The van der Waals surface area contributed by atoms with Crippen LogP contribution in [0.15, 0.2) is 36.4 Å². The predicted octanol–water partition coefficient (Wildman–Crippen LogP) is 2.88. The average Bonchev–Trinajstić information content (AvgIpc) is 2.78. The minimum Gasteiger partial charge on any atom is -0.233 e. The predicted molar refractivity (Wildman–Crippen MR) is 72.6 cm³/mol. The molecule has 0 atom stereocenters. The van der Waals surface area contributed by atoms with E-state index in [9.17, 15) is 5.26 Å². The van der Waals surface area contributed by atoms with Crippen LogP contribution in [-0.2, 0) is 0 Å². The Hall–Kier alpha value is -2.67. The number of nitriles is 1. The molecule has 0 bridgehead atoms. The molecule has 4 heteroatoms. The lowest BCUT2D eigenvalue weighted by Gasteiger charge is -1.99. The van der Waals surface area contributed by atoms with Crippen LogP contribution in [0.2, 0.25) is 0 Å². The molecule has 0 saturated carbocycles. The molecule has 0 N–H and O–H groups in total. The van der Waals surface area contributed by atoms with Gasteiger partial charge in [-0.15, -0.1) is 0 Å². The van der Waals surface area contributed by atoms with Crippen molar-refractivity contribution in [2.24, 2.45) is 0 Å². The Morgan fingerprint density at radius 3 is 2.58 bits per heavy atom. The van der Waals surface area contributed by atoms with Gasteiger partial charge in [-0.05, 0) is 19.9 Å². The number of hydrogen-bond acceptors (Lipinski definition) is 3. The molecule has 0 fully saturated rings. The minimum atomic E-state index is 0.526. The van der Waals surface area contributed by atoms with Gasteiger partial charge < -0.3 is 0 Å². The molecule has 92 valence electrons.